The molecule has 2 unspecified atom stereocenters. The number of Topliss-reactive ketones (excluding diaryl/α,β-unsaturated/α-hetero) is 1. The average molecular weight is 244 g/mol. The zero-order valence-electron chi connectivity index (χ0n) is 11.0. The summed E-state index contributed by atoms with van der Waals surface area (Å²) in [7, 11) is 0. The largest absolute Gasteiger partial charge is 0.376 e. The highest BCUT2D eigenvalue weighted by Gasteiger charge is 2.22. The van der Waals surface area contributed by atoms with Gasteiger partial charge in [0.2, 0.25) is 5.78 Å². The van der Waals surface area contributed by atoms with Crippen LogP contribution in [-0.2, 0) is 14.3 Å². The van der Waals surface area contributed by atoms with Gasteiger partial charge < -0.3 is 15.8 Å². The molecular weight excluding hydrogens is 220 g/mol. The van der Waals surface area contributed by atoms with Crippen LogP contribution in [0.1, 0.15) is 40.0 Å². The van der Waals surface area contributed by atoms with E-state index in [0.717, 1.165) is 19.4 Å². The van der Waals surface area contributed by atoms with Gasteiger partial charge >= 0.3 is 0 Å². The third kappa shape index (κ3) is 5.79. The van der Waals surface area contributed by atoms with Gasteiger partial charge in [-0.15, -0.1) is 0 Å². The maximum absolute atomic E-state index is 11.3. The predicted octanol–water partition coefficient (Wildman–Crippen LogP) is 0.614. The van der Waals surface area contributed by atoms with Crippen molar-refractivity contribution >= 4 is 11.7 Å². The molecule has 0 radical (unpaired) electrons. The van der Waals surface area contributed by atoms with Crippen LogP contribution in [0.5, 0.6) is 0 Å². The van der Waals surface area contributed by atoms with Crippen LogP contribution >= 0.6 is 0 Å². The Bertz CT molecular complexity index is 238. The Morgan fingerprint density at radius 2 is 2.12 bits per heavy atom. The molecule has 1 aliphatic heterocycles. The first-order valence-corrected chi connectivity index (χ1v) is 6.34. The molecule has 1 aliphatic rings. The molecule has 5 nitrogen and oxygen atoms in total. The maximum Gasteiger partial charge on any atom is 0.289 e. The van der Waals surface area contributed by atoms with Crippen molar-refractivity contribution in [3.8, 4) is 0 Å². The SMILES string of the molecule is CC.CCC(N)C(=O)C(=O)NCC1CCCO1. The van der Waals surface area contributed by atoms with Gasteiger partial charge in [-0.2, -0.15) is 0 Å². The number of amides is 1. The first-order chi connectivity index (χ1) is 8.15. The van der Waals surface area contributed by atoms with Crippen molar-refractivity contribution in [2.75, 3.05) is 13.2 Å². The number of nitrogens with one attached hydrogen (secondary N) is 1. The molecule has 1 amide bonds. The number of ketones is 1. The van der Waals surface area contributed by atoms with Crippen LogP contribution < -0.4 is 11.1 Å². The summed E-state index contributed by atoms with van der Waals surface area (Å²) >= 11 is 0. The van der Waals surface area contributed by atoms with E-state index < -0.39 is 17.7 Å². The Kier molecular flexibility index (Phi) is 8.62. The Morgan fingerprint density at radius 1 is 1.47 bits per heavy atom. The van der Waals surface area contributed by atoms with E-state index in [1.165, 1.54) is 0 Å². The molecule has 0 saturated carbocycles. The fraction of sp³-hybridized carbons (Fsp3) is 0.833. The topological polar surface area (TPSA) is 81.4 Å². The monoisotopic (exact) mass is 244 g/mol. The summed E-state index contributed by atoms with van der Waals surface area (Å²) in [5, 5.41) is 2.55. The fourth-order valence-corrected chi connectivity index (χ4v) is 1.45. The molecule has 1 heterocycles. The first-order valence-electron chi connectivity index (χ1n) is 6.34. The van der Waals surface area contributed by atoms with E-state index in [0.29, 0.717) is 13.0 Å². The molecule has 1 rings (SSSR count). The zero-order valence-corrected chi connectivity index (χ0v) is 11.0. The third-order valence-corrected chi connectivity index (χ3v) is 2.51. The Morgan fingerprint density at radius 3 is 2.59 bits per heavy atom. The first kappa shape index (κ1) is 16.1. The summed E-state index contributed by atoms with van der Waals surface area (Å²) in [6.07, 6.45) is 2.49. The van der Waals surface area contributed by atoms with Crippen LogP contribution in [0, 0.1) is 0 Å². The van der Waals surface area contributed by atoms with Crippen molar-refractivity contribution in [3.05, 3.63) is 0 Å². The average Bonchev–Trinajstić information content (AvgIpc) is 2.89. The smallest absolute Gasteiger partial charge is 0.289 e. The van der Waals surface area contributed by atoms with Gasteiger partial charge in [-0.05, 0) is 19.3 Å². The summed E-state index contributed by atoms with van der Waals surface area (Å²) in [5.41, 5.74) is 5.46. The van der Waals surface area contributed by atoms with Gasteiger partial charge in [-0.1, -0.05) is 20.8 Å². The van der Waals surface area contributed by atoms with Crippen molar-refractivity contribution in [3.63, 3.8) is 0 Å². The zero-order chi connectivity index (χ0) is 13.3. The van der Waals surface area contributed by atoms with Crippen LogP contribution in [0.3, 0.4) is 0 Å². The van der Waals surface area contributed by atoms with Crippen LogP contribution in [-0.4, -0.2) is 37.0 Å². The van der Waals surface area contributed by atoms with Crippen LogP contribution in [0.25, 0.3) is 0 Å². The van der Waals surface area contributed by atoms with Crippen LogP contribution in [0.4, 0.5) is 0 Å². The number of carbonyl (C=O) groups is 2. The van der Waals surface area contributed by atoms with Gasteiger partial charge in [0.05, 0.1) is 12.1 Å². The molecule has 17 heavy (non-hydrogen) atoms. The third-order valence-electron chi connectivity index (χ3n) is 2.51. The minimum absolute atomic E-state index is 0.0552. The van der Waals surface area contributed by atoms with E-state index in [1.807, 2.05) is 13.8 Å². The standard InChI is InChI=1S/C10H18N2O3.C2H6/c1-2-8(11)9(13)10(14)12-6-7-4-3-5-15-7;1-2/h7-8H,2-6,11H2,1H3,(H,12,14);1-2H3. The number of carbonyl (C=O) groups excluding carboxylic acids is 2. The second-order valence-corrected chi connectivity index (χ2v) is 3.72. The summed E-state index contributed by atoms with van der Waals surface area (Å²) in [5.74, 6) is -1.14. The molecule has 3 N–H and O–H groups in total. The number of nitrogens with two attached hydrogens (primary N) is 1. The van der Waals surface area contributed by atoms with E-state index in [1.54, 1.807) is 6.92 Å². The van der Waals surface area contributed by atoms with E-state index in [2.05, 4.69) is 5.32 Å². The summed E-state index contributed by atoms with van der Waals surface area (Å²) in [6, 6.07) is -0.686. The van der Waals surface area contributed by atoms with E-state index in [-0.39, 0.29) is 6.10 Å². The summed E-state index contributed by atoms with van der Waals surface area (Å²) in [6.45, 7) is 6.92. The van der Waals surface area contributed by atoms with E-state index in [4.69, 9.17) is 10.5 Å². The summed E-state index contributed by atoms with van der Waals surface area (Å²) in [4.78, 5) is 22.6. The molecule has 0 aromatic heterocycles. The lowest BCUT2D eigenvalue weighted by Crippen LogP contribution is -2.44. The minimum Gasteiger partial charge on any atom is -0.376 e. The van der Waals surface area contributed by atoms with Gasteiger partial charge in [0.15, 0.2) is 0 Å². The maximum atomic E-state index is 11.3. The Labute approximate surface area is 103 Å². The molecule has 0 aliphatic carbocycles. The van der Waals surface area contributed by atoms with Gasteiger partial charge in [-0.25, -0.2) is 0 Å². The summed E-state index contributed by atoms with van der Waals surface area (Å²) < 4.78 is 5.31. The molecule has 1 fully saturated rings. The van der Waals surface area contributed by atoms with Gasteiger partial charge in [0.25, 0.3) is 5.91 Å². The number of hydrogen-bond donors (Lipinski definition) is 2. The molecule has 2 atom stereocenters. The normalized spacial score (nSPS) is 20.1. The predicted molar refractivity (Wildman–Crippen MR) is 66.6 cm³/mol. The van der Waals surface area contributed by atoms with E-state index in [9.17, 15) is 9.59 Å². The number of hydrogen-bond acceptors (Lipinski definition) is 4. The molecule has 1 saturated heterocycles. The lowest BCUT2D eigenvalue weighted by molar-refractivity contribution is -0.138. The highest BCUT2D eigenvalue weighted by atomic mass is 16.5. The molecular formula is C12H24N2O3. The lowest BCUT2D eigenvalue weighted by atomic mass is 10.1. The quantitative estimate of drug-likeness (QED) is 0.694. The molecule has 100 valence electrons. The highest BCUT2D eigenvalue weighted by Crippen LogP contribution is 2.10. The fourth-order valence-electron chi connectivity index (χ4n) is 1.45. The number of ether oxygens (including phenoxy) is 1. The van der Waals surface area contributed by atoms with Crippen molar-refractivity contribution in [2.24, 2.45) is 5.73 Å². The highest BCUT2D eigenvalue weighted by molar-refractivity contribution is 6.38. The van der Waals surface area contributed by atoms with Gasteiger partial charge in [0, 0.05) is 13.2 Å². The second kappa shape index (κ2) is 9.13. The van der Waals surface area contributed by atoms with Crippen molar-refractivity contribution in [1.82, 2.24) is 5.32 Å². The van der Waals surface area contributed by atoms with Gasteiger partial charge in [-0.3, -0.25) is 9.59 Å². The van der Waals surface area contributed by atoms with Crippen molar-refractivity contribution < 1.29 is 14.3 Å². The van der Waals surface area contributed by atoms with Gasteiger partial charge in [0.1, 0.15) is 0 Å². The second-order valence-electron chi connectivity index (χ2n) is 3.72. The molecule has 0 bridgehead atoms. The molecule has 0 aromatic rings. The van der Waals surface area contributed by atoms with Crippen LogP contribution in [0.2, 0.25) is 0 Å². The molecule has 5 heteroatoms. The minimum atomic E-state index is -0.686. The van der Waals surface area contributed by atoms with Crippen LogP contribution in [0.15, 0.2) is 0 Å². The van der Waals surface area contributed by atoms with Crippen molar-refractivity contribution in [1.29, 1.82) is 0 Å². The lowest BCUT2D eigenvalue weighted by Gasteiger charge is -2.11. The van der Waals surface area contributed by atoms with E-state index >= 15 is 0 Å². The Balaban J connectivity index is 0.00000121. The molecule has 0 spiro atoms. The molecule has 0 aromatic carbocycles. The van der Waals surface area contributed by atoms with Crippen molar-refractivity contribution in [2.45, 2.75) is 52.2 Å². The Hall–Kier alpha value is -0.940. The number of rotatable bonds is 5.